The number of ketones is 1. The fourth-order valence-corrected chi connectivity index (χ4v) is 1.95. The third kappa shape index (κ3) is 2.83. The van der Waals surface area contributed by atoms with Crippen molar-refractivity contribution in [3.63, 3.8) is 0 Å². The Morgan fingerprint density at radius 3 is 2.50 bits per heavy atom. The van der Waals surface area contributed by atoms with Crippen LogP contribution in [-0.4, -0.2) is 5.78 Å². The Bertz CT molecular complexity index is 292. The lowest BCUT2D eigenvalue weighted by Gasteiger charge is -2.18. The van der Waals surface area contributed by atoms with Crippen molar-refractivity contribution in [2.75, 3.05) is 0 Å². The van der Waals surface area contributed by atoms with E-state index in [1.165, 1.54) is 17.6 Å². The van der Waals surface area contributed by atoms with Gasteiger partial charge >= 0.3 is 0 Å². The quantitative estimate of drug-likeness (QED) is 0.667. The zero-order valence-electron chi connectivity index (χ0n) is 9.68. The highest BCUT2D eigenvalue weighted by Crippen LogP contribution is 2.28. The molecule has 0 fully saturated rings. The highest BCUT2D eigenvalue weighted by Gasteiger charge is 2.13. The molecule has 0 spiro atoms. The summed E-state index contributed by atoms with van der Waals surface area (Å²) in [6, 6.07) is 0. The Labute approximate surface area is 86.9 Å². The number of hydrogen-bond donors (Lipinski definition) is 0. The minimum Gasteiger partial charge on any atom is -0.295 e. The maximum Gasteiger partial charge on any atom is 0.155 e. The van der Waals surface area contributed by atoms with Crippen molar-refractivity contribution in [3.05, 3.63) is 22.8 Å². The molecule has 0 saturated heterocycles. The molecule has 0 radical (unpaired) electrons. The van der Waals surface area contributed by atoms with E-state index in [0.717, 1.165) is 18.4 Å². The van der Waals surface area contributed by atoms with E-state index >= 15 is 0 Å². The summed E-state index contributed by atoms with van der Waals surface area (Å²) < 4.78 is 0. The topological polar surface area (TPSA) is 17.1 Å². The summed E-state index contributed by atoms with van der Waals surface area (Å²) >= 11 is 0. The van der Waals surface area contributed by atoms with Gasteiger partial charge in [0.2, 0.25) is 0 Å². The van der Waals surface area contributed by atoms with Crippen molar-refractivity contribution in [2.24, 2.45) is 5.92 Å². The highest BCUT2D eigenvalue weighted by atomic mass is 16.1. The molecule has 1 aliphatic carbocycles. The van der Waals surface area contributed by atoms with Gasteiger partial charge in [-0.3, -0.25) is 4.79 Å². The Hall–Kier alpha value is -0.850. The summed E-state index contributed by atoms with van der Waals surface area (Å²) in [5.74, 6) is 0.945. The van der Waals surface area contributed by atoms with Crippen molar-refractivity contribution >= 4 is 5.78 Å². The molecule has 0 atom stereocenters. The predicted octanol–water partition coefficient (Wildman–Crippen LogP) is 3.66. The molecule has 1 heteroatoms. The Morgan fingerprint density at radius 1 is 1.43 bits per heavy atom. The third-order valence-electron chi connectivity index (χ3n) is 2.75. The van der Waals surface area contributed by atoms with Gasteiger partial charge in [-0.2, -0.15) is 0 Å². The second kappa shape index (κ2) is 4.59. The van der Waals surface area contributed by atoms with E-state index in [-0.39, 0.29) is 5.78 Å². The van der Waals surface area contributed by atoms with Crippen LogP contribution in [0.1, 0.15) is 47.0 Å². The van der Waals surface area contributed by atoms with Crippen LogP contribution < -0.4 is 0 Å². The van der Waals surface area contributed by atoms with Crippen LogP contribution in [0.25, 0.3) is 0 Å². The van der Waals surface area contributed by atoms with Gasteiger partial charge in [0.1, 0.15) is 0 Å². The summed E-state index contributed by atoms with van der Waals surface area (Å²) in [6.07, 6.45) is 5.27. The Balaban J connectivity index is 2.80. The van der Waals surface area contributed by atoms with Crippen LogP contribution in [0.5, 0.6) is 0 Å². The first-order valence-corrected chi connectivity index (χ1v) is 5.41. The van der Waals surface area contributed by atoms with Gasteiger partial charge in [-0.15, -0.1) is 0 Å². The second-order valence-electron chi connectivity index (χ2n) is 4.61. The lowest BCUT2D eigenvalue weighted by molar-refractivity contribution is -0.113. The number of rotatable bonds is 3. The van der Waals surface area contributed by atoms with Gasteiger partial charge in [0.05, 0.1) is 0 Å². The Morgan fingerprint density at radius 2 is 2.07 bits per heavy atom. The van der Waals surface area contributed by atoms with E-state index in [1.54, 1.807) is 6.92 Å². The molecule has 1 rings (SSSR count). The minimum atomic E-state index is 0.230. The molecular formula is C13H20O. The first kappa shape index (κ1) is 11.2. The maximum absolute atomic E-state index is 11.2. The normalized spacial score (nSPS) is 17.4. The van der Waals surface area contributed by atoms with Crippen LogP contribution in [0.2, 0.25) is 0 Å². The van der Waals surface area contributed by atoms with Crippen molar-refractivity contribution in [3.8, 4) is 0 Å². The lowest BCUT2D eigenvalue weighted by atomic mass is 9.87. The molecule has 0 amide bonds. The van der Waals surface area contributed by atoms with E-state index in [2.05, 4.69) is 26.8 Å². The monoisotopic (exact) mass is 192 g/mol. The molecule has 0 aromatic heterocycles. The molecule has 1 aliphatic rings. The van der Waals surface area contributed by atoms with E-state index in [0.29, 0.717) is 5.92 Å². The molecule has 0 aromatic carbocycles. The average molecular weight is 192 g/mol. The van der Waals surface area contributed by atoms with Gasteiger partial charge in [-0.1, -0.05) is 31.1 Å². The lowest BCUT2D eigenvalue weighted by Crippen LogP contribution is -2.05. The summed E-state index contributed by atoms with van der Waals surface area (Å²) in [5, 5.41) is 0. The summed E-state index contributed by atoms with van der Waals surface area (Å²) in [4.78, 5) is 11.2. The number of carbonyl (C=O) groups is 1. The second-order valence-corrected chi connectivity index (χ2v) is 4.61. The molecule has 78 valence electrons. The van der Waals surface area contributed by atoms with Crippen molar-refractivity contribution < 1.29 is 4.79 Å². The molecule has 0 N–H and O–H groups in total. The smallest absolute Gasteiger partial charge is 0.155 e. The van der Waals surface area contributed by atoms with Crippen LogP contribution in [0.15, 0.2) is 22.8 Å². The maximum atomic E-state index is 11.2. The largest absolute Gasteiger partial charge is 0.295 e. The van der Waals surface area contributed by atoms with Gasteiger partial charge in [0, 0.05) is 0 Å². The van der Waals surface area contributed by atoms with Crippen LogP contribution in [0.3, 0.4) is 0 Å². The fraction of sp³-hybridized carbons (Fsp3) is 0.615. The van der Waals surface area contributed by atoms with E-state index in [4.69, 9.17) is 0 Å². The third-order valence-corrected chi connectivity index (χ3v) is 2.75. The van der Waals surface area contributed by atoms with Gasteiger partial charge in [-0.05, 0) is 44.6 Å². The molecule has 0 bridgehead atoms. The number of carbonyl (C=O) groups excluding carboxylic acids is 1. The van der Waals surface area contributed by atoms with Gasteiger partial charge in [0.25, 0.3) is 0 Å². The molecule has 0 saturated carbocycles. The van der Waals surface area contributed by atoms with E-state index < -0.39 is 0 Å². The summed E-state index contributed by atoms with van der Waals surface area (Å²) in [7, 11) is 0. The van der Waals surface area contributed by atoms with Gasteiger partial charge < -0.3 is 0 Å². The minimum absolute atomic E-state index is 0.230. The Kier molecular flexibility index (Phi) is 3.68. The van der Waals surface area contributed by atoms with Crippen LogP contribution in [-0.2, 0) is 4.79 Å². The van der Waals surface area contributed by atoms with Crippen LogP contribution >= 0.6 is 0 Å². The van der Waals surface area contributed by atoms with Crippen molar-refractivity contribution in [2.45, 2.75) is 47.0 Å². The first-order valence-electron chi connectivity index (χ1n) is 5.41. The van der Waals surface area contributed by atoms with Crippen molar-refractivity contribution in [1.29, 1.82) is 0 Å². The number of allylic oxidation sites excluding steroid dienone is 4. The summed E-state index contributed by atoms with van der Waals surface area (Å²) in [5.41, 5.74) is 3.84. The molecule has 0 unspecified atom stereocenters. The molecule has 0 aromatic rings. The average Bonchev–Trinajstić information content (AvgIpc) is 2.07. The standard InChI is InChI=1S/C13H20O/c1-9(2)7-12-5-6-13(11(4)14)8-10(12)3/h8-9H,5-7H2,1-4H3. The van der Waals surface area contributed by atoms with E-state index in [9.17, 15) is 4.79 Å². The van der Waals surface area contributed by atoms with Gasteiger partial charge in [-0.25, -0.2) is 0 Å². The molecule has 0 heterocycles. The molecule has 1 nitrogen and oxygen atoms in total. The number of Topliss-reactive ketones (excluding diaryl/α,β-unsaturated/α-hetero) is 1. The van der Waals surface area contributed by atoms with Crippen LogP contribution in [0.4, 0.5) is 0 Å². The summed E-state index contributed by atoms with van der Waals surface area (Å²) in [6.45, 7) is 8.27. The predicted molar refractivity (Wildman–Crippen MR) is 60.2 cm³/mol. The van der Waals surface area contributed by atoms with Crippen LogP contribution in [0, 0.1) is 5.92 Å². The zero-order chi connectivity index (χ0) is 10.7. The first-order chi connectivity index (χ1) is 6.50. The highest BCUT2D eigenvalue weighted by molar-refractivity contribution is 5.94. The number of hydrogen-bond acceptors (Lipinski definition) is 1. The zero-order valence-corrected chi connectivity index (χ0v) is 9.68. The van der Waals surface area contributed by atoms with Crippen molar-refractivity contribution in [1.82, 2.24) is 0 Å². The van der Waals surface area contributed by atoms with E-state index in [1.807, 2.05) is 0 Å². The molecular weight excluding hydrogens is 172 g/mol. The SMILES string of the molecule is CC(=O)C1=CC(C)=C(CC(C)C)CC1. The molecule has 0 aliphatic heterocycles. The molecule has 14 heavy (non-hydrogen) atoms. The fourth-order valence-electron chi connectivity index (χ4n) is 1.95. The van der Waals surface area contributed by atoms with Gasteiger partial charge in [0.15, 0.2) is 5.78 Å².